The third kappa shape index (κ3) is 3.92. The number of hydrogen-bond donors (Lipinski definition) is 1. The highest BCUT2D eigenvalue weighted by atomic mass is 16.5. The molecule has 1 atom stereocenters. The molecule has 1 N–H and O–H groups in total. The van der Waals surface area contributed by atoms with Crippen LogP contribution in [0.2, 0.25) is 0 Å². The summed E-state index contributed by atoms with van der Waals surface area (Å²) in [5, 5.41) is 3.50. The Kier molecular flexibility index (Phi) is 5.31. The fraction of sp³-hybridized carbons (Fsp3) is 0.400. The van der Waals surface area contributed by atoms with E-state index in [-0.39, 0.29) is 0 Å². The van der Waals surface area contributed by atoms with Crippen LogP contribution in [-0.2, 0) is 0 Å². The van der Waals surface area contributed by atoms with Crippen molar-refractivity contribution in [3.05, 3.63) is 65.2 Å². The molecule has 1 fully saturated rings. The topological polar surface area (TPSA) is 24.5 Å². The van der Waals surface area contributed by atoms with Crippen LogP contribution in [-0.4, -0.2) is 38.2 Å². The van der Waals surface area contributed by atoms with Crippen molar-refractivity contribution in [1.82, 2.24) is 10.2 Å². The molecule has 23 heavy (non-hydrogen) atoms. The van der Waals surface area contributed by atoms with E-state index in [1.165, 1.54) is 23.1 Å². The minimum absolute atomic E-state index is 0.307. The monoisotopic (exact) mass is 310 g/mol. The summed E-state index contributed by atoms with van der Waals surface area (Å²) in [5.74, 6) is 0.911. The van der Waals surface area contributed by atoms with Gasteiger partial charge >= 0.3 is 0 Å². The Balaban J connectivity index is 1.95. The van der Waals surface area contributed by atoms with Crippen LogP contribution in [0.15, 0.2) is 48.5 Å². The molecule has 1 heterocycles. The zero-order valence-corrected chi connectivity index (χ0v) is 14.1. The predicted octanol–water partition coefficient (Wildman–Crippen LogP) is 3.39. The summed E-state index contributed by atoms with van der Waals surface area (Å²) in [7, 11) is 1.72. The fourth-order valence-corrected chi connectivity index (χ4v) is 3.27. The lowest BCUT2D eigenvalue weighted by Gasteiger charge is -2.31. The van der Waals surface area contributed by atoms with Gasteiger partial charge in [-0.3, -0.25) is 4.90 Å². The van der Waals surface area contributed by atoms with Crippen molar-refractivity contribution < 1.29 is 4.74 Å². The van der Waals surface area contributed by atoms with Gasteiger partial charge in [-0.15, -0.1) is 0 Å². The van der Waals surface area contributed by atoms with Crippen LogP contribution in [0, 0.1) is 6.92 Å². The lowest BCUT2D eigenvalue weighted by Crippen LogP contribution is -2.33. The van der Waals surface area contributed by atoms with Crippen molar-refractivity contribution in [2.45, 2.75) is 19.4 Å². The molecule has 0 bridgehead atoms. The van der Waals surface area contributed by atoms with Gasteiger partial charge in [0.15, 0.2) is 0 Å². The summed E-state index contributed by atoms with van der Waals surface area (Å²) in [5.41, 5.74) is 4.00. The number of nitrogens with zero attached hydrogens (tertiary/aromatic N) is 1. The Labute approximate surface area is 139 Å². The van der Waals surface area contributed by atoms with Crippen molar-refractivity contribution in [3.8, 4) is 5.75 Å². The van der Waals surface area contributed by atoms with Crippen LogP contribution in [0.25, 0.3) is 0 Å². The summed E-state index contributed by atoms with van der Waals surface area (Å²) < 4.78 is 5.31. The first-order chi connectivity index (χ1) is 11.3. The van der Waals surface area contributed by atoms with E-state index in [9.17, 15) is 0 Å². The third-order valence-electron chi connectivity index (χ3n) is 4.56. The quantitative estimate of drug-likeness (QED) is 0.937. The van der Waals surface area contributed by atoms with Gasteiger partial charge in [0.2, 0.25) is 0 Å². The van der Waals surface area contributed by atoms with Crippen molar-refractivity contribution in [1.29, 1.82) is 0 Å². The second-order valence-corrected chi connectivity index (χ2v) is 6.23. The molecule has 0 radical (unpaired) electrons. The lowest BCUT2D eigenvalue weighted by molar-refractivity contribution is 0.241. The number of benzene rings is 2. The molecule has 2 aromatic rings. The summed E-state index contributed by atoms with van der Waals surface area (Å²) in [6, 6.07) is 17.8. The van der Waals surface area contributed by atoms with Crippen LogP contribution in [0.5, 0.6) is 5.75 Å². The average molecular weight is 310 g/mol. The molecule has 0 aromatic heterocycles. The van der Waals surface area contributed by atoms with Gasteiger partial charge in [0.25, 0.3) is 0 Å². The summed E-state index contributed by atoms with van der Waals surface area (Å²) in [6.45, 7) is 6.50. The predicted molar refractivity (Wildman–Crippen MR) is 95.1 cm³/mol. The normalized spacial score (nSPS) is 17.5. The first kappa shape index (κ1) is 16.0. The fourth-order valence-electron chi connectivity index (χ4n) is 3.27. The van der Waals surface area contributed by atoms with Gasteiger partial charge < -0.3 is 10.1 Å². The number of nitrogens with one attached hydrogen (secondary N) is 1. The molecule has 3 nitrogen and oxygen atoms in total. The number of rotatable bonds is 4. The molecule has 0 amide bonds. The number of aryl methyl sites for hydroxylation is 1. The second-order valence-electron chi connectivity index (χ2n) is 6.23. The van der Waals surface area contributed by atoms with Gasteiger partial charge in [-0.25, -0.2) is 0 Å². The highest BCUT2D eigenvalue weighted by Crippen LogP contribution is 2.30. The van der Waals surface area contributed by atoms with Crippen molar-refractivity contribution >= 4 is 0 Å². The minimum atomic E-state index is 0.307. The maximum Gasteiger partial charge on any atom is 0.118 e. The molecular weight excluding hydrogens is 284 g/mol. The SMILES string of the molecule is COc1ccc(C(c2ccc(C)cc2)N2CCCNCC2)cc1. The molecule has 0 aliphatic carbocycles. The summed E-state index contributed by atoms with van der Waals surface area (Å²) in [6.07, 6.45) is 1.19. The Morgan fingerprint density at radius 1 is 0.913 bits per heavy atom. The molecule has 1 aliphatic heterocycles. The molecule has 122 valence electrons. The van der Waals surface area contributed by atoms with E-state index in [1.54, 1.807) is 7.11 Å². The van der Waals surface area contributed by atoms with Gasteiger partial charge in [0.05, 0.1) is 13.2 Å². The Morgan fingerprint density at radius 2 is 1.57 bits per heavy atom. The second kappa shape index (κ2) is 7.62. The lowest BCUT2D eigenvalue weighted by atomic mass is 9.96. The molecule has 1 saturated heterocycles. The van der Waals surface area contributed by atoms with E-state index in [1.807, 2.05) is 0 Å². The number of ether oxygens (including phenoxy) is 1. The van der Waals surface area contributed by atoms with Crippen LogP contribution in [0.4, 0.5) is 0 Å². The zero-order valence-electron chi connectivity index (χ0n) is 14.1. The van der Waals surface area contributed by atoms with E-state index in [2.05, 4.69) is 65.7 Å². The largest absolute Gasteiger partial charge is 0.497 e. The van der Waals surface area contributed by atoms with Gasteiger partial charge in [-0.05, 0) is 43.1 Å². The van der Waals surface area contributed by atoms with Crippen LogP contribution < -0.4 is 10.1 Å². The number of hydrogen-bond acceptors (Lipinski definition) is 3. The first-order valence-electron chi connectivity index (χ1n) is 8.43. The van der Waals surface area contributed by atoms with Gasteiger partial charge in [0.1, 0.15) is 5.75 Å². The number of methoxy groups -OCH3 is 1. The van der Waals surface area contributed by atoms with Gasteiger partial charge in [-0.2, -0.15) is 0 Å². The van der Waals surface area contributed by atoms with Crippen LogP contribution >= 0.6 is 0 Å². The Morgan fingerprint density at radius 3 is 2.22 bits per heavy atom. The third-order valence-corrected chi connectivity index (χ3v) is 4.56. The summed E-state index contributed by atoms with van der Waals surface area (Å²) >= 11 is 0. The average Bonchev–Trinajstić information content (AvgIpc) is 2.87. The minimum Gasteiger partial charge on any atom is -0.497 e. The van der Waals surface area contributed by atoms with E-state index in [4.69, 9.17) is 4.74 Å². The molecule has 1 aliphatic rings. The molecular formula is C20H26N2O. The van der Waals surface area contributed by atoms with Crippen molar-refractivity contribution in [2.75, 3.05) is 33.3 Å². The zero-order chi connectivity index (χ0) is 16.1. The van der Waals surface area contributed by atoms with Gasteiger partial charge in [-0.1, -0.05) is 42.0 Å². The molecule has 0 spiro atoms. The highest BCUT2D eigenvalue weighted by Gasteiger charge is 2.23. The Hall–Kier alpha value is -1.84. The van der Waals surface area contributed by atoms with Crippen molar-refractivity contribution in [3.63, 3.8) is 0 Å². The molecule has 3 rings (SSSR count). The first-order valence-corrected chi connectivity index (χ1v) is 8.43. The van der Waals surface area contributed by atoms with E-state index in [0.717, 1.165) is 31.9 Å². The molecule has 0 saturated carbocycles. The van der Waals surface area contributed by atoms with Crippen LogP contribution in [0.1, 0.15) is 29.2 Å². The highest BCUT2D eigenvalue weighted by molar-refractivity contribution is 5.36. The van der Waals surface area contributed by atoms with Crippen LogP contribution in [0.3, 0.4) is 0 Å². The Bertz CT molecular complexity index is 599. The molecule has 3 heteroatoms. The smallest absolute Gasteiger partial charge is 0.118 e. The maximum atomic E-state index is 5.31. The van der Waals surface area contributed by atoms with E-state index < -0.39 is 0 Å². The van der Waals surface area contributed by atoms with E-state index in [0.29, 0.717) is 6.04 Å². The van der Waals surface area contributed by atoms with Gasteiger partial charge in [0, 0.05) is 19.6 Å². The van der Waals surface area contributed by atoms with E-state index >= 15 is 0 Å². The standard InChI is InChI=1S/C20H26N2O/c1-16-4-6-17(7-5-16)20(22-14-3-12-21-13-15-22)18-8-10-19(23-2)11-9-18/h4-11,20-21H,3,12-15H2,1-2H3. The maximum absolute atomic E-state index is 5.31. The molecule has 1 unspecified atom stereocenters. The summed E-state index contributed by atoms with van der Waals surface area (Å²) in [4.78, 5) is 2.59. The van der Waals surface area contributed by atoms with Crippen molar-refractivity contribution in [2.24, 2.45) is 0 Å². The molecule has 2 aromatic carbocycles.